The van der Waals surface area contributed by atoms with Crippen molar-refractivity contribution in [2.75, 3.05) is 18.4 Å². The van der Waals surface area contributed by atoms with Crippen LogP contribution in [0.25, 0.3) is 0 Å². The van der Waals surface area contributed by atoms with E-state index in [1.807, 2.05) is 19.2 Å². The van der Waals surface area contributed by atoms with Gasteiger partial charge in [0.1, 0.15) is 5.82 Å². The van der Waals surface area contributed by atoms with Crippen LogP contribution < -0.4 is 5.32 Å². The smallest absolute Gasteiger partial charge is 0.322 e. The Bertz CT molecular complexity index is 954. The van der Waals surface area contributed by atoms with Gasteiger partial charge in [-0.05, 0) is 37.5 Å². The highest BCUT2D eigenvalue weighted by atomic mass is 19.1. The Balaban J connectivity index is 1.41. The number of hydrogen-bond donors (Lipinski definition) is 1. The standard InChI is InChI=1S/C18H21FN8O/c1-13-17(22-24-27(13)11-14-4-2-5-15(19)10-14)21-18(28)25-8-3-6-16(12-25)26-9-7-20-23-26/h2,4-5,7,9-10,16H,3,6,8,11-12H2,1H3,(H,21,28). The number of piperidine rings is 1. The second-order valence-electron chi connectivity index (χ2n) is 6.87. The van der Waals surface area contributed by atoms with Gasteiger partial charge in [-0.15, -0.1) is 10.2 Å². The zero-order valence-electron chi connectivity index (χ0n) is 15.5. The number of halogens is 1. The van der Waals surface area contributed by atoms with Gasteiger partial charge in [0, 0.05) is 19.3 Å². The van der Waals surface area contributed by atoms with Gasteiger partial charge in [0.05, 0.1) is 24.5 Å². The zero-order valence-corrected chi connectivity index (χ0v) is 15.5. The van der Waals surface area contributed by atoms with Crippen LogP contribution in [0.2, 0.25) is 0 Å². The van der Waals surface area contributed by atoms with Crippen molar-refractivity contribution in [3.63, 3.8) is 0 Å². The number of rotatable bonds is 4. The van der Waals surface area contributed by atoms with Gasteiger partial charge in [0.25, 0.3) is 0 Å². The second-order valence-corrected chi connectivity index (χ2v) is 6.87. The lowest BCUT2D eigenvalue weighted by Gasteiger charge is -2.32. The summed E-state index contributed by atoms with van der Waals surface area (Å²) < 4.78 is 16.8. The van der Waals surface area contributed by atoms with Gasteiger partial charge < -0.3 is 4.90 Å². The van der Waals surface area contributed by atoms with Crippen molar-refractivity contribution in [1.82, 2.24) is 34.9 Å². The number of carbonyl (C=O) groups is 1. The summed E-state index contributed by atoms with van der Waals surface area (Å²) in [4.78, 5) is 14.4. The van der Waals surface area contributed by atoms with Crippen molar-refractivity contribution in [3.8, 4) is 0 Å². The van der Waals surface area contributed by atoms with Crippen LogP contribution in [0.3, 0.4) is 0 Å². The van der Waals surface area contributed by atoms with Crippen LogP contribution in [0.5, 0.6) is 0 Å². The fourth-order valence-corrected chi connectivity index (χ4v) is 3.38. The Morgan fingerprint density at radius 3 is 3.04 bits per heavy atom. The van der Waals surface area contributed by atoms with E-state index in [-0.39, 0.29) is 17.9 Å². The molecule has 9 nitrogen and oxygen atoms in total. The van der Waals surface area contributed by atoms with Gasteiger partial charge >= 0.3 is 6.03 Å². The van der Waals surface area contributed by atoms with Crippen LogP contribution in [-0.4, -0.2) is 54.0 Å². The minimum absolute atomic E-state index is 0.117. The van der Waals surface area contributed by atoms with Crippen molar-refractivity contribution in [3.05, 3.63) is 53.7 Å². The third kappa shape index (κ3) is 3.85. The topological polar surface area (TPSA) is 93.8 Å². The van der Waals surface area contributed by atoms with E-state index in [1.165, 1.54) is 12.1 Å². The predicted molar refractivity (Wildman–Crippen MR) is 99.1 cm³/mol. The molecule has 1 N–H and O–H groups in total. The highest BCUT2D eigenvalue weighted by Gasteiger charge is 2.26. The van der Waals surface area contributed by atoms with Crippen molar-refractivity contribution in [2.24, 2.45) is 0 Å². The average molecular weight is 384 g/mol. The number of hydrogen-bond acceptors (Lipinski definition) is 5. The highest BCUT2D eigenvalue weighted by Crippen LogP contribution is 2.21. The monoisotopic (exact) mass is 384 g/mol. The first-order chi connectivity index (χ1) is 13.6. The summed E-state index contributed by atoms with van der Waals surface area (Å²) in [6.45, 7) is 3.44. The number of nitrogens with one attached hydrogen (secondary N) is 1. The SMILES string of the molecule is Cc1c(NC(=O)N2CCCC(n3ccnn3)C2)nnn1Cc1cccc(F)c1. The second kappa shape index (κ2) is 7.75. The van der Waals surface area contributed by atoms with Crippen molar-refractivity contribution in [1.29, 1.82) is 0 Å². The van der Waals surface area contributed by atoms with E-state index in [1.54, 1.807) is 26.5 Å². The van der Waals surface area contributed by atoms with Crippen LogP contribution in [0.15, 0.2) is 36.7 Å². The molecule has 1 aliphatic rings. The maximum atomic E-state index is 13.4. The summed E-state index contributed by atoms with van der Waals surface area (Å²) >= 11 is 0. The summed E-state index contributed by atoms with van der Waals surface area (Å²) in [7, 11) is 0. The first-order valence-corrected chi connectivity index (χ1v) is 9.16. The van der Waals surface area contributed by atoms with Gasteiger partial charge in [-0.3, -0.25) is 5.32 Å². The number of carbonyl (C=O) groups excluding carboxylic acids is 1. The Labute approximate surface area is 161 Å². The molecular formula is C18H21FN8O. The van der Waals surface area contributed by atoms with Crippen LogP contribution in [0, 0.1) is 12.7 Å². The van der Waals surface area contributed by atoms with E-state index in [0.717, 1.165) is 18.4 Å². The third-order valence-corrected chi connectivity index (χ3v) is 4.93. The number of urea groups is 1. The summed E-state index contributed by atoms with van der Waals surface area (Å²) in [5.41, 5.74) is 1.49. The van der Waals surface area contributed by atoms with Gasteiger partial charge in [0.15, 0.2) is 5.82 Å². The number of amides is 2. The molecule has 1 aromatic carbocycles. The molecule has 1 unspecified atom stereocenters. The fourth-order valence-electron chi connectivity index (χ4n) is 3.38. The zero-order chi connectivity index (χ0) is 19.5. The van der Waals surface area contributed by atoms with Gasteiger partial charge in [0.2, 0.25) is 0 Å². The van der Waals surface area contributed by atoms with Crippen LogP contribution in [0.4, 0.5) is 15.0 Å². The summed E-state index contributed by atoms with van der Waals surface area (Å²) in [5.74, 6) is 0.111. The summed E-state index contributed by atoms with van der Waals surface area (Å²) in [6.07, 6.45) is 5.30. The third-order valence-electron chi connectivity index (χ3n) is 4.93. The number of nitrogens with zero attached hydrogens (tertiary/aromatic N) is 7. The minimum atomic E-state index is -0.296. The molecule has 146 valence electrons. The van der Waals surface area contributed by atoms with E-state index in [2.05, 4.69) is 25.9 Å². The molecule has 28 heavy (non-hydrogen) atoms. The normalized spacial score (nSPS) is 16.9. The molecule has 1 saturated heterocycles. The molecule has 3 aromatic rings. The molecule has 2 amide bonds. The minimum Gasteiger partial charge on any atom is -0.322 e. The molecule has 2 aromatic heterocycles. The number of likely N-dealkylation sites (tertiary alicyclic amines) is 1. The van der Waals surface area contributed by atoms with Crippen molar-refractivity contribution >= 4 is 11.8 Å². The lowest BCUT2D eigenvalue weighted by molar-refractivity contribution is 0.174. The molecule has 0 saturated carbocycles. The van der Waals surface area contributed by atoms with Gasteiger partial charge in [-0.2, -0.15) is 0 Å². The van der Waals surface area contributed by atoms with E-state index in [4.69, 9.17) is 0 Å². The lowest BCUT2D eigenvalue weighted by Crippen LogP contribution is -2.43. The van der Waals surface area contributed by atoms with E-state index in [0.29, 0.717) is 31.1 Å². The molecule has 0 aliphatic carbocycles. The summed E-state index contributed by atoms with van der Waals surface area (Å²) in [6, 6.07) is 6.23. The van der Waals surface area contributed by atoms with Gasteiger partial charge in [-0.25, -0.2) is 18.5 Å². The Morgan fingerprint density at radius 2 is 2.25 bits per heavy atom. The molecule has 1 aliphatic heterocycles. The van der Waals surface area contributed by atoms with Crippen LogP contribution >= 0.6 is 0 Å². The average Bonchev–Trinajstić information content (AvgIpc) is 3.34. The first-order valence-electron chi connectivity index (χ1n) is 9.16. The highest BCUT2D eigenvalue weighted by molar-refractivity contribution is 5.88. The predicted octanol–water partition coefficient (Wildman–Crippen LogP) is 2.23. The Morgan fingerprint density at radius 1 is 1.36 bits per heavy atom. The molecular weight excluding hydrogens is 363 g/mol. The fraction of sp³-hybridized carbons (Fsp3) is 0.389. The number of aromatic nitrogens is 6. The Kier molecular flexibility index (Phi) is 5.00. The maximum Gasteiger partial charge on any atom is 0.323 e. The molecule has 0 radical (unpaired) electrons. The van der Waals surface area contributed by atoms with E-state index in [9.17, 15) is 9.18 Å². The molecule has 0 bridgehead atoms. The maximum absolute atomic E-state index is 13.4. The number of benzene rings is 1. The lowest BCUT2D eigenvalue weighted by atomic mass is 10.1. The van der Waals surface area contributed by atoms with E-state index >= 15 is 0 Å². The molecule has 10 heteroatoms. The van der Waals surface area contributed by atoms with Crippen LogP contribution in [0.1, 0.15) is 30.1 Å². The largest absolute Gasteiger partial charge is 0.323 e. The first kappa shape index (κ1) is 18.1. The van der Waals surface area contributed by atoms with Gasteiger partial charge in [-0.1, -0.05) is 22.6 Å². The Hall–Kier alpha value is -3.30. The van der Waals surface area contributed by atoms with E-state index < -0.39 is 0 Å². The molecule has 3 heterocycles. The molecule has 1 atom stereocenters. The summed E-state index contributed by atoms with van der Waals surface area (Å²) in [5, 5.41) is 18.9. The molecule has 0 spiro atoms. The molecule has 1 fully saturated rings. The van der Waals surface area contributed by atoms with Crippen molar-refractivity contribution in [2.45, 2.75) is 32.4 Å². The van der Waals surface area contributed by atoms with Crippen LogP contribution in [-0.2, 0) is 6.54 Å². The molecule has 4 rings (SSSR count). The number of anilines is 1. The van der Waals surface area contributed by atoms with Crippen molar-refractivity contribution < 1.29 is 9.18 Å². The quantitative estimate of drug-likeness (QED) is 0.745.